The number of halogens is 1. The number of ether oxygens (including phenoxy) is 1. The summed E-state index contributed by atoms with van der Waals surface area (Å²) in [7, 11) is 0. The van der Waals surface area contributed by atoms with Crippen LogP contribution in [-0.4, -0.2) is 42.2 Å². The van der Waals surface area contributed by atoms with Gasteiger partial charge < -0.3 is 9.64 Å². The molecule has 1 aliphatic rings. The molecule has 1 aliphatic heterocycles. The van der Waals surface area contributed by atoms with Gasteiger partial charge in [0.2, 0.25) is 0 Å². The summed E-state index contributed by atoms with van der Waals surface area (Å²) in [6, 6.07) is 7.15. The molecule has 0 radical (unpaired) electrons. The van der Waals surface area contributed by atoms with Gasteiger partial charge in [-0.1, -0.05) is 15.9 Å². The van der Waals surface area contributed by atoms with Crippen LogP contribution >= 0.6 is 28.1 Å². The number of nitrogens with zero attached hydrogens (tertiary/aromatic N) is 1. The van der Waals surface area contributed by atoms with Gasteiger partial charge >= 0.3 is 0 Å². The van der Waals surface area contributed by atoms with E-state index >= 15 is 0 Å². The molecule has 0 aromatic heterocycles. The third-order valence-electron chi connectivity index (χ3n) is 2.63. The lowest BCUT2D eigenvalue weighted by atomic mass is 10.2. The van der Waals surface area contributed by atoms with Gasteiger partial charge in [0.05, 0.1) is 13.2 Å². The van der Waals surface area contributed by atoms with Gasteiger partial charge in [0.1, 0.15) is 0 Å². The molecule has 0 saturated carbocycles. The van der Waals surface area contributed by atoms with Crippen LogP contribution in [0.5, 0.6) is 0 Å². The van der Waals surface area contributed by atoms with Gasteiger partial charge in [0, 0.05) is 23.1 Å². The fourth-order valence-electron chi connectivity index (χ4n) is 1.62. The summed E-state index contributed by atoms with van der Waals surface area (Å²) in [5, 5.41) is 3.20. The molecule has 0 bridgehead atoms. The van der Waals surface area contributed by atoms with Crippen LogP contribution in [0.4, 0.5) is 0 Å². The van der Waals surface area contributed by atoms with Gasteiger partial charge in [-0.2, -0.15) is 0 Å². The van der Waals surface area contributed by atoms with Gasteiger partial charge in [-0.15, -0.1) is 0 Å². The zero-order valence-corrected chi connectivity index (χ0v) is 12.1. The first kappa shape index (κ1) is 13.5. The molecular weight excluding hydrogens is 316 g/mol. The van der Waals surface area contributed by atoms with Crippen LogP contribution in [0.2, 0.25) is 0 Å². The third kappa shape index (κ3) is 3.51. The number of rotatable bonds is 1. The van der Waals surface area contributed by atoms with Crippen molar-refractivity contribution in [2.75, 3.05) is 26.3 Å². The number of carbonyl (C=O) groups excluding carboxylic acids is 1. The molecule has 1 N–H and O–H groups in total. The van der Waals surface area contributed by atoms with E-state index in [4.69, 9.17) is 17.0 Å². The molecule has 0 unspecified atom stereocenters. The summed E-state index contributed by atoms with van der Waals surface area (Å²) in [6.45, 7) is 2.74. The molecule has 18 heavy (non-hydrogen) atoms. The Balaban J connectivity index is 1.94. The standard InChI is InChI=1S/C12H13BrN2O2S/c13-10-3-1-9(2-4-10)11(16)14-12(18)15-5-7-17-8-6-15/h1-4H,5-8H2,(H,14,16,18). The molecule has 1 aromatic rings. The van der Waals surface area contributed by atoms with Gasteiger partial charge in [0.25, 0.3) is 5.91 Å². The summed E-state index contributed by atoms with van der Waals surface area (Å²) < 4.78 is 6.17. The van der Waals surface area contributed by atoms with E-state index in [1.54, 1.807) is 12.1 Å². The van der Waals surface area contributed by atoms with Crippen molar-refractivity contribution in [3.05, 3.63) is 34.3 Å². The molecule has 2 rings (SSSR count). The average Bonchev–Trinajstić information content (AvgIpc) is 2.40. The summed E-state index contributed by atoms with van der Waals surface area (Å²) in [5.74, 6) is -0.181. The highest BCUT2D eigenvalue weighted by Gasteiger charge is 2.16. The molecule has 4 nitrogen and oxygen atoms in total. The fraction of sp³-hybridized carbons (Fsp3) is 0.333. The van der Waals surface area contributed by atoms with Crippen molar-refractivity contribution in [3.63, 3.8) is 0 Å². The van der Waals surface area contributed by atoms with Crippen LogP contribution in [0.25, 0.3) is 0 Å². The van der Waals surface area contributed by atoms with E-state index in [0.29, 0.717) is 23.9 Å². The van der Waals surface area contributed by atoms with E-state index in [1.165, 1.54) is 0 Å². The van der Waals surface area contributed by atoms with E-state index in [2.05, 4.69) is 21.2 Å². The van der Waals surface area contributed by atoms with Crippen molar-refractivity contribution >= 4 is 39.2 Å². The average molecular weight is 329 g/mol. The Bertz CT molecular complexity index is 444. The number of morpholine rings is 1. The highest BCUT2D eigenvalue weighted by Crippen LogP contribution is 2.10. The first-order valence-electron chi connectivity index (χ1n) is 5.60. The van der Waals surface area contributed by atoms with E-state index < -0.39 is 0 Å². The normalized spacial score (nSPS) is 15.3. The summed E-state index contributed by atoms with van der Waals surface area (Å²) in [6.07, 6.45) is 0. The number of carbonyl (C=O) groups is 1. The van der Waals surface area contributed by atoms with Crippen molar-refractivity contribution < 1.29 is 9.53 Å². The van der Waals surface area contributed by atoms with Gasteiger partial charge in [-0.05, 0) is 36.5 Å². The lowest BCUT2D eigenvalue weighted by Crippen LogP contribution is -2.47. The highest BCUT2D eigenvalue weighted by molar-refractivity contribution is 9.10. The Morgan fingerprint density at radius 3 is 2.50 bits per heavy atom. The number of hydrogen-bond donors (Lipinski definition) is 1. The van der Waals surface area contributed by atoms with Crippen LogP contribution in [0, 0.1) is 0 Å². The minimum absolute atomic E-state index is 0.181. The summed E-state index contributed by atoms with van der Waals surface area (Å²) in [5.41, 5.74) is 0.591. The number of nitrogens with one attached hydrogen (secondary N) is 1. The minimum atomic E-state index is -0.181. The molecule has 96 valence electrons. The SMILES string of the molecule is O=C(NC(=S)N1CCOCC1)c1ccc(Br)cc1. The smallest absolute Gasteiger partial charge is 0.257 e. The lowest BCUT2D eigenvalue weighted by molar-refractivity contribution is 0.0669. The second-order valence-electron chi connectivity index (χ2n) is 3.87. The van der Waals surface area contributed by atoms with Gasteiger partial charge in [0.15, 0.2) is 5.11 Å². The van der Waals surface area contributed by atoms with Crippen LogP contribution in [0.3, 0.4) is 0 Å². The monoisotopic (exact) mass is 328 g/mol. The largest absolute Gasteiger partial charge is 0.378 e. The van der Waals surface area contributed by atoms with Crippen LogP contribution in [-0.2, 0) is 4.74 Å². The zero-order valence-electron chi connectivity index (χ0n) is 9.69. The zero-order chi connectivity index (χ0) is 13.0. The van der Waals surface area contributed by atoms with E-state index in [9.17, 15) is 4.79 Å². The Morgan fingerprint density at radius 2 is 1.89 bits per heavy atom. The number of hydrogen-bond acceptors (Lipinski definition) is 3. The van der Waals surface area contributed by atoms with Gasteiger partial charge in [-0.25, -0.2) is 0 Å². The quantitative estimate of drug-likeness (QED) is 0.798. The maximum Gasteiger partial charge on any atom is 0.257 e. The lowest BCUT2D eigenvalue weighted by Gasteiger charge is -2.28. The van der Waals surface area contributed by atoms with Crippen molar-refractivity contribution in [2.24, 2.45) is 0 Å². The van der Waals surface area contributed by atoms with Crippen LogP contribution in [0.1, 0.15) is 10.4 Å². The molecule has 1 fully saturated rings. The van der Waals surface area contributed by atoms with E-state index in [1.807, 2.05) is 17.0 Å². The molecule has 6 heteroatoms. The van der Waals surface area contributed by atoms with Crippen molar-refractivity contribution in [1.29, 1.82) is 0 Å². The van der Waals surface area contributed by atoms with Crippen LogP contribution < -0.4 is 5.32 Å². The molecule has 1 saturated heterocycles. The highest BCUT2D eigenvalue weighted by atomic mass is 79.9. The third-order valence-corrected chi connectivity index (χ3v) is 3.51. The summed E-state index contributed by atoms with van der Waals surface area (Å²) >= 11 is 8.53. The fourth-order valence-corrected chi connectivity index (χ4v) is 2.16. The Labute approximate surface area is 119 Å². The topological polar surface area (TPSA) is 41.6 Å². The maximum atomic E-state index is 11.9. The minimum Gasteiger partial charge on any atom is -0.378 e. The molecule has 1 heterocycles. The van der Waals surface area contributed by atoms with Gasteiger partial charge in [-0.3, -0.25) is 10.1 Å². The number of amides is 1. The second kappa shape index (κ2) is 6.26. The first-order valence-corrected chi connectivity index (χ1v) is 6.80. The Kier molecular flexibility index (Phi) is 4.68. The predicted molar refractivity (Wildman–Crippen MR) is 76.6 cm³/mol. The summed E-state index contributed by atoms with van der Waals surface area (Å²) in [4.78, 5) is 13.9. The van der Waals surface area contributed by atoms with Crippen LogP contribution in [0.15, 0.2) is 28.7 Å². The maximum absolute atomic E-state index is 11.9. The van der Waals surface area contributed by atoms with E-state index in [-0.39, 0.29) is 5.91 Å². The number of benzene rings is 1. The van der Waals surface area contributed by atoms with Crippen molar-refractivity contribution in [2.45, 2.75) is 0 Å². The molecular formula is C12H13BrN2O2S. The second-order valence-corrected chi connectivity index (χ2v) is 5.17. The molecule has 0 spiro atoms. The molecule has 1 amide bonds. The first-order chi connectivity index (χ1) is 8.66. The Hall–Kier alpha value is -0.980. The number of thiocarbonyl (C=S) groups is 1. The van der Waals surface area contributed by atoms with E-state index in [0.717, 1.165) is 17.6 Å². The molecule has 0 atom stereocenters. The molecule has 0 aliphatic carbocycles. The molecule has 1 aromatic carbocycles. The predicted octanol–water partition coefficient (Wildman–Crippen LogP) is 1.80. The Morgan fingerprint density at radius 1 is 1.28 bits per heavy atom. The van der Waals surface area contributed by atoms with Crippen molar-refractivity contribution in [1.82, 2.24) is 10.2 Å². The van der Waals surface area contributed by atoms with Crippen molar-refractivity contribution in [3.8, 4) is 0 Å².